The molecule has 0 saturated carbocycles. The van der Waals surface area contributed by atoms with Crippen molar-refractivity contribution in [3.63, 3.8) is 0 Å². The second-order valence-electron chi connectivity index (χ2n) is 4.92. The Morgan fingerprint density at radius 3 is 2.57 bits per heavy atom. The molecule has 0 spiro atoms. The third-order valence-corrected chi connectivity index (χ3v) is 1.98. The zero-order chi connectivity index (χ0) is 10.6. The van der Waals surface area contributed by atoms with Crippen molar-refractivity contribution in [1.29, 1.82) is 0 Å². The van der Waals surface area contributed by atoms with E-state index in [-0.39, 0.29) is 5.41 Å². The van der Waals surface area contributed by atoms with E-state index in [4.69, 9.17) is 0 Å². The lowest BCUT2D eigenvalue weighted by Crippen LogP contribution is -2.18. The second kappa shape index (κ2) is 4.53. The molecule has 1 aromatic heterocycles. The first-order valence-electron chi connectivity index (χ1n) is 5.28. The molecule has 0 aliphatic rings. The normalized spacial score (nSPS) is 12.0. The van der Waals surface area contributed by atoms with Crippen LogP contribution in [-0.4, -0.2) is 20.2 Å². The third-order valence-electron chi connectivity index (χ3n) is 1.98. The highest BCUT2D eigenvalue weighted by molar-refractivity contribution is 4.82. The van der Waals surface area contributed by atoms with E-state index >= 15 is 0 Å². The van der Waals surface area contributed by atoms with E-state index in [2.05, 4.69) is 43.2 Å². The molecule has 80 valence electrons. The summed E-state index contributed by atoms with van der Waals surface area (Å²) < 4.78 is 1.93. The van der Waals surface area contributed by atoms with Gasteiger partial charge in [0.2, 0.25) is 0 Å². The first-order valence-corrected chi connectivity index (χ1v) is 5.28. The van der Waals surface area contributed by atoms with Gasteiger partial charge in [0.25, 0.3) is 0 Å². The van der Waals surface area contributed by atoms with Crippen molar-refractivity contribution in [2.45, 2.75) is 53.5 Å². The summed E-state index contributed by atoms with van der Waals surface area (Å²) in [6.07, 6.45) is 3.33. The smallest absolute Gasteiger partial charge is 0.151 e. The molecule has 1 rings (SSSR count). The van der Waals surface area contributed by atoms with Gasteiger partial charge >= 0.3 is 0 Å². The summed E-state index contributed by atoms with van der Waals surface area (Å²) in [6, 6.07) is 0. The summed E-state index contributed by atoms with van der Waals surface area (Å²) in [5.41, 5.74) is 0.232. The Morgan fingerprint density at radius 2 is 2.00 bits per heavy atom. The van der Waals surface area contributed by atoms with Gasteiger partial charge < -0.3 is 0 Å². The van der Waals surface area contributed by atoms with E-state index in [1.54, 1.807) is 0 Å². The minimum Gasteiger partial charge on any atom is -0.229 e. The van der Waals surface area contributed by atoms with Gasteiger partial charge in [-0.3, -0.25) is 0 Å². The zero-order valence-electron chi connectivity index (χ0n) is 9.62. The fourth-order valence-electron chi connectivity index (χ4n) is 1.31. The van der Waals surface area contributed by atoms with Crippen LogP contribution in [0.1, 0.15) is 46.4 Å². The summed E-state index contributed by atoms with van der Waals surface area (Å²) in [7, 11) is 0. The molecular formula is C10H20N4. The summed E-state index contributed by atoms with van der Waals surface area (Å²) in [5, 5.41) is 11.8. The van der Waals surface area contributed by atoms with E-state index in [0.717, 1.165) is 25.2 Å². The number of tetrazole rings is 1. The predicted molar refractivity (Wildman–Crippen MR) is 55.9 cm³/mol. The van der Waals surface area contributed by atoms with Gasteiger partial charge in [-0.05, 0) is 22.3 Å². The van der Waals surface area contributed by atoms with Gasteiger partial charge in [-0.1, -0.05) is 34.1 Å². The number of aromatic nitrogens is 4. The summed E-state index contributed by atoms with van der Waals surface area (Å²) in [5.74, 6) is 1.02. The lowest BCUT2D eigenvalue weighted by Gasteiger charge is -2.18. The molecule has 14 heavy (non-hydrogen) atoms. The first-order chi connectivity index (χ1) is 6.53. The number of hydrogen-bond acceptors (Lipinski definition) is 3. The van der Waals surface area contributed by atoms with Crippen LogP contribution in [0, 0.1) is 5.41 Å². The van der Waals surface area contributed by atoms with Gasteiger partial charge in [-0.2, -0.15) is 0 Å². The number of nitrogens with zero attached hydrogens (tertiary/aromatic N) is 4. The fraction of sp³-hybridized carbons (Fsp3) is 0.900. The van der Waals surface area contributed by atoms with Crippen molar-refractivity contribution in [2.75, 3.05) is 0 Å². The van der Waals surface area contributed by atoms with Crippen LogP contribution in [0.4, 0.5) is 0 Å². The van der Waals surface area contributed by atoms with Gasteiger partial charge in [0.15, 0.2) is 5.82 Å². The van der Waals surface area contributed by atoms with Crippen molar-refractivity contribution in [1.82, 2.24) is 20.2 Å². The van der Waals surface area contributed by atoms with Gasteiger partial charge in [0.1, 0.15) is 0 Å². The summed E-state index contributed by atoms with van der Waals surface area (Å²) in [6.45, 7) is 9.64. The Labute approximate surface area is 85.7 Å². The third kappa shape index (κ3) is 3.44. The molecule has 0 fully saturated rings. The zero-order valence-corrected chi connectivity index (χ0v) is 9.62. The molecule has 4 heteroatoms. The van der Waals surface area contributed by atoms with Crippen LogP contribution in [0.3, 0.4) is 0 Å². The molecule has 0 aliphatic heterocycles. The van der Waals surface area contributed by atoms with Crippen LogP contribution in [0.25, 0.3) is 0 Å². The molecule has 0 saturated heterocycles. The first kappa shape index (κ1) is 11.1. The van der Waals surface area contributed by atoms with Crippen molar-refractivity contribution >= 4 is 0 Å². The molecule has 0 aromatic carbocycles. The molecule has 0 unspecified atom stereocenters. The van der Waals surface area contributed by atoms with Gasteiger partial charge in [-0.25, -0.2) is 4.68 Å². The van der Waals surface area contributed by atoms with E-state index in [0.29, 0.717) is 0 Å². The lowest BCUT2D eigenvalue weighted by molar-refractivity contribution is 0.315. The highest BCUT2D eigenvalue weighted by atomic mass is 15.5. The number of hydrogen-bond donors (Lipinski definition) is 0. The van der Waals surface area contributed by atoms with Crippen molar-refractivity contribution in [3.8, 4) is 0 Å². The molecule has 1 heterocycles. The van der Waals surface area contributed by atoms with Gasteiger partial charge in [0, 0.05) is 13.0 Å². The Bertz CT molecular complexity index is 272. The predicted octanol–water partition coefficient (Wildman–Crippen LogP) is 2.06. The van der Waals surface area contributed by atoms with E-state index in [9.17, 15) is 0 Å². The number of unbranched alkanes of at least 4 members (excludes halogenated alkanes) is 1. The molecule has 0 bridgehead atoms. The van der Waals surface area contributed by atoms with Crippen LogP contribution >= 0.6 is 0 Å². The average molecular weight is 196 g/mol. The van der Waals surface area contributed by atoms with Crippen LogP contribution in [0.2, 0.25) is 0 Å². The molecule has 4 nitrogen and oxygen atoms in total. The largest absolute Gasteiger partial charge is 0.229 e. The van der Waals surface area contributed by atoms with Crippen LogP contribution in [0.15, 0.2) is 0 Å². The SMILES string of the molecule is CCCCc1nnnn1CC(C)(C)C. The summed E-state index contributed by atoms with van der Waals surface area (Å²) in [4.78, 5) is 0. The minimum absolute atomic E-state index is 0.232. The maximum Gasteiger partial charge on any atom is 0.151 e. The van der Waals surface area contributed by atoms with Crippen molar-refractivity contribution in [2.24, 2.45) is 5.41 Å². The quantitative estimate of drug-likeness (QED) is 0.740. The molecule has 0 N–H and O–H groups in total. The minimum atomic E-state index is 0.232. The molecule has 1 aromatic rings. The molecular weight excluding hydrogens is 176 g/mol. The van der Waals surface area contributed by atoms with Crippen molar-refractivity contribution in [3.05, 3.63) is 5.82 Å². The van der Waals surface area contributed by atoms with Crippen LogP contribution in [-0.2, 0) is 13.0 Å². The molecule has 0 radical (unpaired) electrons. The Morgan fingerprint density at radius 1 is 1.29 bits per heavy atom. The van der Waals surface area contributed by atoms with Gasteiger partial charge in [-0.15, -0.1) is 5.10 Å². The van der Waals surface area contributed by atoms with Crippen LogP contribution in [0.5, 0.6) is 0 Å². The second-order valence-corrected chi connectivity index (χ2v) is 4.92. The standard InChI is InChI=1S/C10H20N4/c1-5-6-7-9-11-12-13-14(9)8-10(2,3)4/h5-8H2,1-4H3. The highest BCUT2D eigenvalue weighted by Gasteiger charge is 2.15. The maximum atomic E-state index is 4.04. The van der Waals surface area contributed by atoms with Crippen molar-refractivity contribution < 1.29 is 0 Å². The van der Waals surface area contributed by atoms with Crippen LogP contribution < -0.4 is 0 Å². The van der Waals surface area contributed by atoms with E-state index < -0.39 is 0 Å². The molecule has 0 atom stereocenters. The van der Waals surface area contributed by atoms with E-state index in [1.165, 1.54) is 6.42 Å². The Balaban J connectivity index is 2.63. The highest BCUT2D eigenvalue weighted by Crippen LogP contribution is 2.16. The molecule has 0 aliphatic carbocycles. The summed E-state index contributed by atoms with van der Waals surface area (Å²) >= 11 is 0. The lowest BCUT2D eigenvalue weighted by atomic mass is 9.97. The molecule has 0 amide bonds. The number of rotatable bonds is 4. The topological polar surface area (TPSA) is 43.6 Å². The average Bonchev–Trinajstić information content (AvgIpc) is 2.45. The monoisotopic (exact) mass is 196 g/mol. The maximum absolute atomic E-state index is 4.04. The number of aryl methyl sites for hydroxylation is 1. The fourth-order valence-corrected chi connectivity index (χ4v) is 1.31. The van der Waals surface area contributed by atoms with Gasteiger partial charge in [0.05, 0.1) is 0 Å². The Hall–Kier alpha value is -0.930. The Kier molecular flexibility index (Phi) is 3.61. The van der Waals surface area contributed by atoms with E-state index in [1.807, 2.05) is 4.68 Å².